The molecule has 1 aliphatic heterocycles. The molecule has 0 aliphatic carbocycles. The van der Waals surface area contributed by atoms with Gasteiger partial charge in [-0.05, 0) is 19.4 Å². The summed E-state index contributed by atoms with van der Waals surface area (Å²) in [6, 6.07) is 1.86. The molecule has 4 heterocycles. The van der Waals surface area contributed by atoms with Crippen LogP contribution in [0.5, 0.6) is 0 Å². The lowest BCUT2D eigenvalue weighted by molar-refractivity contribution is 0.192. The second kappa shape index (κ2) is 4.34. The molecule has 1 aliphatic rings. The standard InChI is InChI=1S/C12H12N6O2/c1-7-2-4-13-12-15-10(16-18(7)12)11-14-9(17-20-11)8-3-5-19-6-8/h2,4,8H,3,5-6H2,1H3. The molecule has 1 unspecified atom stereocenters. The quantitative estimate of drug-likeness (QED) is 0.686. The van der Waals surface area contributed by atoms with Gasteiger partial charge in [0, 0.05) is 24.4 Å². The van der Waals surface area contributed by atoms with Gasteiger partial charge in [0.1, 0.15) is 0 Å². The Bertz CT molecular complexity index is 758. The number of aryl methyl sites for hydroxylation is 1. The highest BCUT2D eigenvalue weighted by molar-refractivity contribution is 5.45. The summed E-state index contributed by atoms with van der Waals surface area (Å²) in [5, 5.41) is 8.33. The van der Waals surface area contributed by atoms with Gasteiger partial charge < -0.3 is 9.26 Å². The molecule has 3 aromatic rings. The van der Waals surface area contributed by atoms with E-state index in [1.165, 1.54) is 0 Å². The van der Waals surface area contributed by atoms with E-state index in [-0.39, 0.29) is 5.92 Å². The van der Waals surface area contributed by atoms with E-state index in [0.717, 1.165) is 18.7 Å². The first-order valence-corrected chi connectivity index (χ1v) is 6.41. The number of hydrogen-bond acceptors (Lipinski definition) is 7. The molecular weight excluding hydrogens is 260 g/mol. The van der Waals surface area contributed by atoms with Crippen LogP contribution in [0.15, 0.2) is 16.8 Å². The fourth-order valence-corrected chi connectivity index (χ4v) is 2.23. The summed E-state index contributed by atoms with van der Waals surface area (Å²) in [7, 11) is 0. The normalized spacial score (nSPS) is 18.9. The predicted octanol–water partition coefficient (Wildman–Crippen LogP) is 0.987. The van der Waals surface area contributed by atoms with Crippen molar-refractivity contribution in [2.24, 2.45) is 0 Å². The van der Waals surface area contributed by atoms with Crippen LogP contribution >= 0.6 is 0 Å². The Morgan fingerprint density at radius 2 is 2.30 bits per heavy atom. The minimum Gasteiger partial charge on any atom is -0.381 e. The molecule has 20 heavy (non-hydrogen) atoms. The first-order chi connectivity index (χ1) is 9.81. The van der Waals surface area contributed by atoms with E-state index < -0.39 is 0 Å². The van der Waals surface area contributed by atoms with Crippen molar-refractivity contribution in [1.82, 2.24) is 29.7 Å². The van der Waals surface area contributed by atoms with Crippen LogP contribution in [-0.4, -0.2) is 42.9 Å². The van der Waals surface area contributed by atoms with Gasteiger partial charge >= 0.3 is 0 Å². The first-order valence-electron chi connectivity index (χ1n) is 6.41. The summed E-state index contributed by atoms with van der Waals surface area (Å²) in [5.41, 5.74) is 0.942. The molecular formula is C12H12N6O2. The molecule has 0 bridgehead atoms. The zero-order valence-electron chi connectivity index (χ0n) is 10.9. The molecule has 0 N–H and O–H groups in total. The van der Waals surface area contributed by atoms with Gasteiger partial charge in [-0.25, -0.2) is 9.50 Å². The van der Waals surface area contributed by atoms with Gasteiger partial charge in [-0.3, -0.25) is 0 Å². The van der Waals surface area contributed by atoms with Crippen LogP contribution in [0.4, 0.5) is 0 Å². The molecule has 1 fully saturated rings. The molecule has 0 amide bonds. The summed E-state index contributed by atoms with van der Waals surface area (Å²) in [6.07, 6.45) is 2.61. The lowest BCUT2D eigenvalue weighted by Gasteiger charge is -1.97. The number of fused-ring (bicyclic) bond motifs is 1. The first kappa shape index (κ1) is 11.5. The van der Waals surface area contributed by atoms with Crippen LogP contribution in [0.3, 0.4) is 0 Å². The second-order valence-corrected chi connectivity index (χ2v) is 4.75. The van der Waals surface area contributed by atoms with Gasteiger partial charge in [-0.2, -0.15) is 9.97 Å². The Kier molecular flexibility index (Phi) is 2.49. The highest BCUT2D eigenvalue weighted by atomic mass is 16.5. The molecule has 1 saturated heterocycles. The van der Waals surface area contributed by atoms with Crippen molar-refractivity contribution in [2.75, 3.05) is 13.2 Å². The molecule has 3 aromatic heterocycles. The Labute approximate surface area is 113 Å². The highest BCUT2D eigenvalue weighted by Gasteiger charge is 2.24. The predicted molar refractivity (Wildman–Crippen MR) is 67.0 cm³/mol. The van der Waals surface area contributed by atoms with Gasteiger partial charge in [0.15, 0.2) is 5.82 Å². The van der Waals surface area contributed by atoms with Crippen molar-refractivity contribution in [1.29, 1.82) is 0 Å². The van der Waals surface area contributed by atoms with E-state index in [1.807, 2.05) is 13.0 Å². The van der Waals surface area contributed by atoms with Gasteiger partial charge in [0.2, 0.25) is 5.82 Å². The van der Waals surface area contributed by atoms with E-state index in [1.54, 1.807) is 10.7 Å². The maximum Gasteiger partial charge on any atom is 0.297 e. The van der Waals surface area contributed by atoms with Crippen molar-refractivity contribution >= 4 is 5.78 Å². The Hall–Kier alpha value is -2.35. The van der Waals surface area contributed by atoms with E-state index in [0.29, 0.717) is 29.9 Å². The largest absolute Gasteiger partial charge is 0.381 e. The van der Waals surface area contributed by atoms with E-state index in [2.05, 4.69) is 25.2 Å². The lowest BCUT2D eigenvalue weighted by Crippen LogP contribution is -1.99. The topological polar surface area (TPSA) is 91.2 Å². The van der Waals surface area contributed by atoms with Gasteiger partial charge in [0.05, 0.1) is 6.61 Å². The number of aromatic nitrogens is 6. The monoisotopic (exact) mass is 272 g/mol. The molecule has 8 nitrogen and oxygen atoms in total. The van der Waals surface area contributed by atoms with Crippen molar-refractivity contribution in [3.05, 3.63) is 23.8 Å². The molecule has 102 valence electrons. The molecule has 8 heteroatoms. The molecule has 0 saturated carbocycles. The fraction of sp³-hybridized carbons (Fsp3) is 0.417. The fourth-order valence-electron chi connectivity index (χ4n) is 2.23. The molecule has 4 rings (SSSR count). The van der Waals surface area contributed by atoms with Crippen LogP contribution in [0.2, 0.25) is 0 Å². The molecule has 0 radical (unpaired) electrons. The smallest absolute Gasteiger partial charge is 0.297 e. The summed E-state index contributed by atoms with van der Waals surface area (Å²) in [5.74, 6) is 2.08. The second-order valence-electron chi connectivity index (χ2n) is 4.75. The average molecular weight is 272 g/mol. The van der Waals surface area contributed by atoms with Crippen molar-refractivity contribution in [2.45, 2.75) is 19.3 Å². The van der Waals surface area contributed by atoms with Crippen molar-refractivity contribution < 1.29 is 9.26 Å². The highest BCUT2D eigenvalue weighted by Crippen LogP contribution is 2.24. The number of ether oxygens (including phenoxy) is 1. The number of rotatable bonds is 2. The summed E-state index contributed by atoms with van der Waals surface area (Å²) >= 11 is 0. The van der Waals surface area contributed by atoms with Crippen LogP contribution in [0, 0.1) is 6.92 Å². The van der Waals surface area contributed by atoms with Crippen LogP contribution in [0.1, 0.15) is 23.9 Å². The van der Waals surface area contributed by atoms with E-state index in [9.17, 15) is 0 Å². The van der Waals surface area contributed by atoms with Crippen LogP contribution in [-0.2, 0) is 4.74 Å². The molecule has 1 atom stereocenters. The Morgan fingerprint density at radius 1 is 1.35 bits per heavy atom. The lowest BCUT2D eigenvalue weighted by atomic mass is 10.1. The zero-order valence-corrected chi connectivity index (χ0v) is 10.9. The maximum atomic E-state index is 5.32. The SMILES string of the molecule is Cc1ccnc2nc(-c3nc(C4CCOC4)no3)nn12. The van der Waals surface area contributed by atoms with Crippen LogP contribution < -0.4 is 0 Å². The number of hydrogen-bond donors (Lipinski definition) is 0. The van der Waals surface area contributed by atoms with Crippen LogP contribution in [0.25, 0.3) is 17.5 Å². The summed E-state index contributed by atoms with van der Waals surface area (Å²) in [4.78, 5) is 12.8. The third-order valence-corrected chi connectivity index (χ3v) is 3.36. The van der Waals surface area contributed by atoms with Gasteiger partial charge in [0.25, 0.3) is 11.7 Å². The molecule has 0 aromatic carbocycles. The maximum absolute atomic E-state index is 5.32. The summed E-state index contributed by atoms with van der Waals surface area (Å²) in [6.45, 7) is 3.31. The van der Waals surface area contributed by atoms with Crippen molar-refractivity contribution in [3.63, 3.8) is 0 Å². The van der Waals surface area contributed by atoms with Crippen molar-refractivity contribution in [3.8, 4) is 11.7 Å². The molecule has 0 spiro atoms. The Balaban J connectivity index is 1.73. The van der Waals surface area contributed by atoms with Gasteiger partial charge in [-0.15, -0.1) is 5.10 Å². The minimum atomic E-state index is 0.199. The third-order valence-electron chi connectivity index (χ3n) is 3.36. The van der Waals surface area contributed by atoms with E-state index >= 15 is 0 Å². The zero-order chi connectivity index (χ0) is 13.5. The minimum absolute atomic E-state index is 0.199. The number of nitrogens with zero attached hydrogens (tertiary/aromatic N) is 6. The average Bonchev–Trinajstić information content (AvgIpc) is 3.18. The van der Waals surface area contributed by atoms with E-state index in [4.69, 9.17) is 9.26 Å². The van der Waals surface area contributed by atoms with Gasteiger partial charge in [-0.1, -0.05) is 5.16 Å². The third kappa shape index (κ3) is 1.76. The Morgan fingerprint density at radius 3 is 3.10 bits per heavy atom. The summed E-state index contributed by atoms with van der Waals surface area (Å²) < 4.78 is 12.2.